The van der Waals surface area contributed by atoms with Gasteiger partial charge in [0, 0.05) is 25.7 Å². The summed E-state index contributed by atoms with van der Waals surface area (Å²) < 4.78 is 40.5. The maximum atomic E-state index is 12.8. The van der Waals surface area contributed by atoms with Gasteiger partial charge in [-0.25, -0.2) is 4.57 Å². The van der Waals surface area contributed by atoms with Crippen LogP contribution in [-0.4, -0.2) is 97.3 Å². The van der Waals surface area contributed by atoms with Gasteiger partial charge in [0.25, 0.3) is 0 Å². The first-order valence-corrected chi connectivity index (χ1v) is 26.4. The molecule has 0 aliphatic rings. The molecular weight excluding hydrogens is 846 g/mol. The average molecular weight is 937 g/mol. The fourth-order valence-corrected chi connectivity index (χ4v) is 7.73. The number of quaternary nitrogens is 1. The van der Waals surface area contributed by atoms with E-state index in [-0.39, 0.29) is 45.3 Å². The maximum absolute atomic E-state index is 12.8. The van der Waals surface area contributed by atoms with Crippen LogP contribution in [0.5, 0.6) is 0 Å². The van der Waals surface area contributed by atoms with E-state index in [1.165, 1.54) is 67.6 Å². The van der Waals surface area contributed by atoms with Crippen LogP contribution < -0.4 is 0 Å². The number of furan rings is 1. The largest absolute Gasteiger partial charge is 0.472 e. The molecule has 0 bridgehead atoms. The van der Waals surface area contributed by atoms with Crippen LogP contribution in [0.3, 0.4) is 0 Å². The normalized spacial score (nSPS) is 14.8. The summed E-state index contributed by atoms with van der Waals surface area (Å²) in [5.41, 5.74) is 2.67. The van der Waals surface area contributed by atoms with E-state index in [2.05, 4.69) is 64.2 Å². The molecule has 0 spiro atoms. The van der Waals surface area contributed by atoms with E-state index in [1.54, 1.807) is 0 Å². The average Bonchev–Trinajstić information content (AvgIpc) is 3.52. The molecule has 3 N–H and O–H groups in total. The summed E-state index contributed by atoms with van der Waals surface area (Å²) in [6.45, 7) is 8.30. The van der Waals surface area contributed by atoms with E-state index in [4.69, 9.17) is 22.9 Å². The molecule has 13 heteroatoms. The Bertz CT molecular complexity index is 1560. The Balaban J connectivity index is 2.40. The highest BCUT2D eigenvalue weighted by molar-refractivity contribution is 7.47. The predicted octanol–water partition coefficient (Wildman–Crippen LogP) is 11.8. The van der Waals surface area contributed by atoms with Crippen molar-refractivity contribution in [3.63, 3.8) is 0 Å². The number of nitrogens with zero attached hydrogens (tertiary/aromatic N) is 1. The number of esters is 2. The Morgan fingerprint density at radius 3 is 1.71 bits per heavy atom. The molecule has 1 heterocycles. The van der Waals surface area contributed by atoms with Crippen LogP contribution in [0.15, 0.2) is 53.0 Å². The molecule has 1 aromatic rings. The first kappa shape index (κ1) is 60.2. The van der Waals surface area contributed by atoms with Crippen molar-refractivity contribution in [2.75, 3.05) is 47.5 Å². The van der Waals surface area contributed by atoms with Crippen LogP contribution in [-0.2, 0) is 45.5 Å². The first-order valence-electron chi connectivity index (χ1n) is 24.9. The molecule has 374 valence electrons. The van der Waals surface area contributed by atoms with Gasteiger partial charge in [0.1, 0.15) is 31.3 Å². The Morgan fingerprint density at radius 2 is 1.15 bits per heavy atom. The number of unbranched alkanes of at least 4 members (excludes halogenated alkanes) is 11. The van der Waals surface area contributed by atoms with E-state index in [0.29, 0.717) is 17.4 Å². The smallest absolute Gasteiger partial charge is 0.466 e. The quantitative estimate of drug-likeness (QED) is 0.0188. The number of hydrogen-bond acceptors (Lipinski definition) is 10. The van der Waals surface area contributed by atoms with Gasteiger partial charge in [0.05, 0.1) is 40.0 Å². The van der Waals surface area contributed by atoms with Crippen molar-refractivity contribution in [1.82, 2.24) is 0 Å². The minimum atomic E-state index is -4.46. The van der Waals surface area contributed by atoms with Crippen molar-refractivity contribution in [1.29, 1.82) is 0 Å². The summed E-state index contributed by atoms with van der Waals surface area (Å²) in [4.78, 5) is 35.6. The summed E-state index contributed by atoms with van der Waals surface area (Å²) in [5.74, 6) is 1.25. The van der Waals surface area contributed by atoms with E-state index in [9.17, 15) is 29.3 Å². The van der Waals surface area contributed by atoms with Gasteiger partial charge in [-0.3, -0.25) is 18.6 Å². The highest BCUT2D eigenvalue weighted by Crippen LogP contribution is 2.43. The lowest BCUT2D eigenvalue weighted by Gasteiger charge is -2.24. The summed E-state index contributed by atoms with van der Waals surface area (Å²) in [7, 11) is 1.30. The van der Waals surface area contributed by atoms with E-state index in [0.717, 1.165) is 70.6 Å². The second-order valence-corrected chi connectivity index (χ2v) is 19.8. The number of aliphatic hydroxyl groups is 2. The number of aryl methyl sites for hydroxylation is 2. The van der Waals surface area contributed by atoms with Crippen LogP contribution in [0.25, 0.3) is 0 Å². The summed E-state index contributed by atoms with van der Waals surface area (Å²) in [6, 6.07) is 0. The number of rotatable bonds is 41. The molecule has 0 radical (unpaired) electrons. The number of likely N-dealkylation sites (N-methyl/N-ethyl adjacent to an activating group) is 1. The lowest BCUT2D eigenvalue weighted by molar-refractivity contribution is -0.870. The Kier molecular flexibility index (Phi) is 34.4. The molecule has 65 heavy (non-hydrogen) atoms. The number of carbonyl (C=O) groups is 2. The zero-order valence-corrected chi connectivity index (χ0v) is 42.5. The molecule has 0 aliphatic carbocycles. The van der Waals surface area contributed by atoms with Gasteiger partial charge >= 0.3 is 19.8 Å². The molecule has 1 aromatic heterocycles. The molecule has 12 nitrogen and oxygen atoms in total. The monoisotopic (exact) mass is 937 g/mol. The first-order chi connectivity index (χ1) is 31.1. The molecule has 0 aromatic carbocycles. The lowest BCUT2D eigenvalue weighted by Crippen LogP contribution is -2.37. The molecule has 0 aliphatic heterocycles. The topological polar surface area (TPSA) is 162 Å². The maximum Gasteiger partial charge on any atom is 0.472 e. The number of phosphoric ester groups is 1. The van der Waals surface area contributed by atoms with Gasteiger partial charge in [0.2, 0.25) is 0 Å². The fourth-order valence-electron chi connectivity index (χ4n) is 6.99. The number of aliphatic hydroxyl groups excluding tert-OH is 2. The summed E-state index contributed by atoms with van der Waals surface area (Å²) in [5, 5.41) is 20.8. The van der Waals surface area contributed by atoms with Gasteiger partial charge in [-0.1, -0.05) is 127 Å². The SMILES string of the molecule is CC/C=C\C/C=C\C/C=C\C/C=C\C[C@H](O)[C@@H](O)CCCC(=O)OC[C@H](COP(=O)(O)OCC[N+](C)(C)C)OC(=O)CCCCCCCCCCCCc1oc(CCCCC)c(C)c1C. The zero-order valence-electron chi connectivity index (χ0n) is 41.7. The number of phosphoric acid groups is 1. The highest BCUT2D eigenvalue weighted by Gasteiger charge is 2.27. The van der Waals surface area contributed by atoms with Crippen LogP contribution in [0.2, 0.25) is 0 Å². The van der Waals surface area contributed by atoms with Gasteiger partial charge < -0.3 is 33.5 Å². The molecule has 1 unspecified atom stereocenters. The van der Waals surface area contributed by atoms with Crippen molar-refractivity contribution in [2.45, 2.75) is 200 Å². The number of carbonyl (C=O) groups excluding carboxylic acids is 2. The number of hydrogen-bond donors (Lipinski definition) is 3. The standard InChI is InChI=1S/C52H90NO11P/c1-8-10-12-13-14-15-16-17-20-23-26-30-34-47(54)48(55)35-33-39-51(56)60-42-46(43-62-65(58,59)61-41-40-53(5,6)7)63-52(57)38-32-28-25-22-19-18-21-24-27-31-37-50-45(4)44(3)49(64-50)36-29-11-9-2/h10,12,14-15,17,20,26,30,46-48,54-55H,8-9,11,13,16,18-19,21-25,27-29,31-43H2,1-7H3/p+1/b12-10-,15-14-,20-17-,30-26-/t46-,47+,48+/m1/s1. The van der Waals surface area contributed by atoms with Gasteiger partial charge in [-0.05, 0) is 89.2 Å². The van der Waals surface area contributed by atoms with Crippen molar-refractivity contribution in [2.24, 2.45) is 0 Å². The minimum absolute atomic E-state index is 0.0211. The van der Waals surface area contributed by atoms with Gasteiger partial charge in [0.15, 0.2) is 6.10 Å². The molecule has 4 atom stereocenters. The van der Waals surface area contributed by atoms with E-state index in [1.807, 2.05) is 33.3 Å². The van der Waals surface area contributed by atoms with E-state index < -0.39 is 44.7 Å². The van der Waals surface area contributed by atoms with Gasteiger partial charge in [-0.15, -0.1) is 0 Å². The second-order valence-electron chi connectivity index (χ2n) is 18.4. The van der Waals surface area contributed by atoms with Crippen LogP contribution in [0.4, 0.5) is 0 Å². The Hall–Kier alpha value is -2.83. The predicted molar refractivity (Wildman–Crippen MR) is 263 cm³/mol. The Morgan fingerprint density at radius 1 is 0.646 bits per heavy atom. The Labute approximate surface area is 394 Å². The van der Waals surface area contributed by atoms with Crippen molar-refractivity contribution in [3.8, 4) is 0 Å². The third kappa shape index (κ3) is 33.3. The number of allylic oxidation sites excluding steroid dienone is 7. The molecule has 0 amide bonds. The molecule has 1 rings (SSSR count). The number of ether oxygens (including phenoxy) is 2. The fraction of sp³-hybridized carbons (Fsp3) is 0.731. The lowest BCUT2D eigenvalue weighted by atomic mass is 10.0. The zero-order chi connectivity index (χ0) is 48.2. The highest BCUT2D eigenvalue weighted by atomic mass is 31.2. The summed E-state index contributed by atoms with van der Waals surface area (Å²) in [6.07, 6.45) is 34.4. The molecule has 0 saturated heterocycles. The molecule has 0 fully saturated rings. The van der Waals surface area contributed by atoms with E-state index >= 15 is 0 Å². The molecule has 0 saturated carbocycles. The van der Waals surface area contributed by atoms with Gasteiger partial charge in [-0.2, -0.15) is 0 Å². The summed E-state index contributed by atoms with van der Waals surface area (Å²) >= 11 is 0. The minimum Gasteiger partial charge on any atom is -0.466 e. The second kappa shape index (κ2) is 37.2. The van der Waals surface area contributed by atoms with Crippen LogP contribution in [0.1, 0.15) is 178 Å². The van der Waals surface area contributed by atoms with Crippen molar-refractivity contribution < 1.29 is 56.7 Å². The molecular formula is C52H91NO11P+. The van der Waals surface area contributed by atoms with Crippen molar-refractivity contribution in [3.05, 3.63) is 71.3 Å². The van der Waals surface area contributed by atoms with Crippen molar-refractivity contribution >= 4 is 19.8 Å². The van der Waals surface area contributed by atoms with Crippen LogP contribution in [0, 0.1) is 13.8 Å². The van der Waals surface area contributed by atoms with Crippen LogP contribution >= 0.6 is 7.82 Å². The third-order valence-electron chi connectivity index (χ3n) is 11.3. The third-order valence-corrected chi connectivity index (χ3v) is 12.3.